The molecule has 0 heterocycles. The van der Waals surface area contributed by atoms with E-state index in [1.807, 2.05) is 0 Å². The van der Waals surface area contributed by atoms with Crippen LogP contribution in [0.1, 0.15) is 29.2 Å². The summed E-state index contributed by atoms with van der Waals surface area (Å²) in [4.78, 5) is 11.4. The van der Waals surface area contributed by atoms with Crippen LogP contribution < -0.4 is 0 Å². The molecule has 1 unspecified atom stereocenters. The van der Waals surface area contributed by atoms with Crippen molar-refractivity contribution in [3.05, 3.63) is 119 Å². The fourth-order valence-electron chi connectivity index (χ4n) is 4.56. The third-order valence-corrected chi connectivity index (χ3v) is 16.0. The fraction of sp³-hybridized carbons (Fsp3) is 0.219. The van der Waals surface area contributed by atoms with Gasteiger partial charge in [0.25, 0.3) is 40.1 Å². The molecule has 0 saturated carbocycles. The van der Waals surface area contributed by atoms with Crippen LogP contribution in [0.15, 0.2) is 117 Å². The van der Waals surface area contributed by atoms with Crippen LogP contribution in [0, 0.1) is 27.7 Å². The predicted octanol–water partition coefficient (Wildman–Crippen LogP) is 4.34. The summed E-state index contributed by atoms with van der Waals surface area (Å²) < 4.78 is 113. The summed E-state index contributed by atoms with van der Waals surface area (Å²) in [5, 5.41) is 0. The van der Waals surface area contributed by atoms with Gasteiger partial charge in [0.1, 0.15) is 6.04 Å². The van der Waals surface area contributed by atoms with Crippen molar-refractivity contribution in [3.8, 4) is 0 Å². The highest BCUT2D eigenvalue weighted by atomic mass is 32.3. The third kappa shape index (κ3) is 7.40. The first-order valence-corrected chi connectivity index (χ1v) is 19.9. The number of carbonyl (C=O) groups is 1. The largest absolute Gasteiger partial charge is 0.298 e. The van der Waals surface area contributed by atoms with Crippen molar-refractivity contribution in [1.82, 2.24) is 7.42 Å². The van der Waals surface area contributed by atoms with Crippen LogP contribution in [0.4, 0.5) is 0 Å². The molecule has 0 bridgehead atoms. The minimum Gasteiger partial charge on any atom is -0.298 e. The van der Waals surface area contributed by atoms with Gasteiger partial charge >= 0.3 is 0 Å². The fourth-order valence-corrected chi connectivity index (χ4v) is 12.2. The molecule has 1 atom stereocenters. The molecule has 0 amide bonds. The number of ketones is 1. The molecule has 0 aliphatic rings. The van der Waals surface area contributed by atoms with Crippen molar-refractivity contribution >= 4 is 45.9 Å². The maximum atomic E-state index is 14.2. The Morgan fingerprint density at radius 1 is 0.468 bits per heavy atom. The van der Waals surface area contributed by atoms with Gasteiger partial charge in [0.15, 0.2) is 5.78 Å². The van der Waals surface area contributed by atoms with E-state index in [1.54, 1.807) is 27.7 Å². The van der Waals surface area contributed by atoms with E-state index in [4.69, 9.17) is 0 Å². The number of aryl methyl sites for hydroxylation is 4. The molecule has 250 valence electrons. The molecule has 4 aromatic rings. The SMILES string of the molecule is CC(=O)C(CN(S(=O)(=O)c1ccc(C)cc1)S(=O)(=O)c1ccc(C)cc1)N(S(=O)(=O)c1ccc(C)cc1)S(=O)(=O)c1ccc(C)cc1. The lowest BCUT2D eigenvalue weighted by Crippen LogP contribution is -2.54. The number of benzene rings is 4. The van der Waals surface area contributed by atoms with Gasteiger partial charge < -0.3 is 0 Å². The lowest BCUT2D eigenvalue weighted by atomic mass is 10.2. The van der Waals surface area contributed by atoms with E-state index >= 15 is 0 Å². The van der Waals surface area contributed by atoms with Crippen molar-refractivity contribution in [2.45, 2.75) is 60.2 Å². The Bertz CT molecular complexity index is 2070. The number of Topliss-reactive ketones (excluding diaryl/α,β-unsaturated/α-hetero) is 1. The van der Waals surface area contributed by atoms with Crippen molar-refractivity contribution in [1.29, 1.82) is 0 Å². The van der Waals surface area contributed by atoms with Crippen LogP contribution in [0.25, 0.3) is 0 Å². The van der Waals surface area contributed by atoms with E-state index in [9.17, 15) is 38.5 Å². The van der Waals surface area contributed by atoms with Crippen LogP contribution in [0.3, 0.4) is 0 Å². The standard InChI is InChI=1S/C32H34N2O9S4/c1-23-6-14-28(15-7-23)44(36,37)33(45(38,39)29-16-8-24(2)9-17-29)22-32(27(5)35)34(46(40,41)30-18-10-25(3)11-19-30)47(42,43)31-20-12-26(4)13-21-31/h6-21,32H,22H2,1-5H3. The minimum atomic E-state index is -5.15. The highest BCUT2D eigenvalue weighted by Gasteiger charge is 2.48. The van der Waals surface area contributed by atoms with Crippen LogP contribution in [0.5, 0.6) is 0 Å². The van der Waals surface area contributed by atoms with Gasteiger partial charge in [-0.25, -0.2) is 33.7 Å². The molecule has 4 rings (SSSR count). The smallest absolute Gasteiger partial charge is 0.257 e. The Morgan fingerprint density at radius 3 is 0.936 bits per heavy atom. The number of carbonyl (C=O) groups excluding carboxylic acids is 1. The summed E-state index contributed by atoms with van der Waals surface area (Å²) in [6, 6.07) is 18.3. The number of nitrogens with zero attached hydrogens (tertiary/aromatic N) is 2. The maximum Gasteiger partial charge on any atom is 0.257 e. The molecule has 0 radical (unpaired) electrons. The quantitative estimate of drug-likeness (QED) is 0.208. The number of sulfonamides is 4. The van der Waals surface area contributed by atoms with Gasteiger partial charge in [0.2, 0.25) is 0 Å². The molecule has 0 fully saturated rings. The molecule has 11 nitrogen and oxygen atoms in total. The summed E-state index contributed by atoms with van der Waals surface area (Å²) in [5.74, 6) is -1.13. The molecule has 15 heteroatoms. The van der Waals surface area contributed by atoms with Gasteiger partial charge in [0.05, 0.1) is 26.1 Å². The summed E-state index contributed by atoms with van der Waals surface area (Å²) in [5.41, 5.74) is 2.63. The zero-order chi connectivity index (χ0) is 34.9. The first-order valence-electron chi connectivity index (χ1n) is 14.1. The Labute approximate surface area is 276 Å². The van der Waals surface area contributed by atoms with E-state index in [1.165, 1.54) is 48.5 Å². The molecule has 0 aliphatic heterocycles. The molecular formula is C32H34N2O9S4. The van der Waals surface area contributed by atoms with Gasteiger partial charge in [-0.15, -0.1) is 0 Å². The Kier molecular flexibility index (Phi) is 10.3. The summed E-state index contributed by atoms with van der Waals surface area (Å²) in [6.45, 7) is 6.21. The third-order valence-electron chi connectivity index (χ3n) is 7.33. The van der Waals surface area contributed by atoms with Crippen molar-refractivity contribution < 1.29 is 38.5 Å². The van der Waals surface area contributed by atoms with Gasteiger partial charge in [-0.2, -0.15) is 0 Å². The lowest BCUT2D eigenvalue weighted by molar-refractivity contribution is -0.119. The Hall–Kier alpha value is -3.73. The number of rotatable bonds is 12. The topological polar surface area (TPSA) is 160 Å². The average Bonchev–Trinajstić information content (AvgIpc) is 2.99. The predicted molar refractivity (Wildman–Crippen MR) is 176 cm³/mol. The molecule has 0 N–H and O–H groups in total. The van der Waals surface area contributed by atoms with Gasteiger partial charge in [-0.05, 0) is 83.1 Å². The molecule has 0 aliphatic carbocycles. The highest BCUT2D eigenvalue weighted by Crippen LogP contribution is 2.32. The Morgan fingerprint density at radius 2 is 0.702 bits per heavy atom. The second kappa shape index (κ2) is 13.4. The number of hydrogen-bond donors (Lipinski definition) is 0. The summed E-state index contributed by atoms with van der Waals surface area (Å²) >= 11 is 0. The zero-order valence-electron chi connectivity index (χ0n) is 26.2. The van der Waals surface area contributed by atoms with E-state index in [-0.39, 0.29) is 7.42 Å². The molecule has 47 heavy (non-hydrogen) atoms. The first kappa shape index (κ1) is 36.1. The summed E-state index contributed by atoms with van der Waals surface area (Å²) in [6.07, 6.45) is 0. The molecule has 4 aromatic carbocycles. The highest BCUT2D eigenvalue weighted by molar-refractivity contribution is 8.04. The van der Waals surface area contributed by atoms with Crippen LogP contribution in [0.2, 0.25) is 0 Å². The second-order valence-corrected chi connectivity index (χ2v) is 18.9. The first-order chi connectivity index (χ1) is 21.8. The lowest BCUT2D eigenvalue weighted by Gasteiger charge is -2.32. The molecule has 0 spiro atoms. The van der Waals surface area contributed by atoms with Gasteiger partial charge in [-0.1, -0.05) is 78.2 Å². The normalized spacial score (nSPS) is 13.5. The van der Waals surface area contributed by atoms with Crippen LogP contribution in [-0.4, -0.2) is 59.5 Å². The molecule has 0 saturated heterocycles. The van der Waals surface area contributed by atoms with E-state index in [2.05, 4.69) is 0 Å². The maximum absolute atomic E-state index is 14.2. The average molecular weight is 719 g/mol. The van der Waals surface area contributed by atoms with Crippen molar-refractivity contribution in [3.63, 3.8) is 0 Å². The minimum absolute atomic E-state index is 0.0102. The van der Waals surface area contributed by atoms with Crippen LogP contribution in [-0.2, 0) is 44.9 Å². The van der Waals surface area contributed by atoms with Crippen molar-refractivity contribution in [2.75, 3.05) is 6.54 Å². The second-order valence-electron chi connectivity index (χ2n) is 11.1. The van der Waals surface area contributed by atoms with E-state index < -0.39 is 78.0 Å². The monoisotopic (exact) mass is 718 g/mol. The van der Waals surface area contributed by atoms with Crippen molar-refractivity contribution in [2.24, 2.45) is 0 Å². The number of hydrogen-bond acceptors (Lipinski definition) is 9. The summed E-state index contributed by atoms with van der Waals surface area (Å²) in [7, 11) is -20.4. The molecule has 0 aromatic heterocycles. The van der Waals surface area contributed by atoms with Crippen LogP contribution >= 0.6 is 0 Å². The Balaban J connectivity index is 2.02. The van der Waals surface area contributed by atoms with Gasteiger partial charge in [0, 0.05) is 0 Å². The van der Waals surface area contributed by atoms with Gasteiger partial charge in [-0.3, -0.25) is 4.79 Å². The zero-order valence-corrected chi connectivity index (χ0v) is 29.5. The van der Waals surface area contributed by atoms with E-state index in [0.29, 0.717) is 22.3 Å². The molecular weight excluding hydrogens is 685 g/mol. The van der Waals surface area contributed by atoms with E-state index in [0.717, 1.165) is 55.5 Å².